The van der Waals surface area contributed by atoms with Crippen molar-refractivity contribution in [2.24, 2.45) is 11.3 Å². The molecule has 25 heavy (non-hydrogen) atoms. The Kier molecular flexibility index (Phi) is 4.49. The molecule has 0 aliphatic heterocycles. The summed E-state index contributed by atoms with van der Waals surface area (Å²) in [5, 5.41) is 10.9. The smallest absolute Gasteiger partial charge is 0.309 e. The molecule has 1 fully saturated rings. The fraction of sp³-hybridized carbons (Fsp3) is 0.600. The van der Waals surface area contributed by atoms with Gasteiger partial charge in [-0.25, -0.2) is 0 Å². The molecule has 1 aromatic carbocycles. The minimum absolute atomic E-state index is 0.0598. The molecule has 1 aromatic rings. The van der Waals surface area contributed by atoms with Crippen LogP contribution in [0.2, 0.25) is 10.0 Å². The van der Waals surface area contributed by atoms with Gasteiger partial charge in [-0.05, 0) is 54.2 Å². The monoisotopic (exact) mass is 382 g/mol. The summed E-state index contributed by atoms with van der Waals surface area (Å²) in [4.78, 5) is 25.0. The maximum Gasteiger partial charge on any atom is 0.309 e. The Labute approximate surface area is 158 Å². The summed E-state index contributed by atoms with van der Waals surface area (Å²) in [5.74, 6) is -1.02. The summed E-state index contributed by atoms with van der Waals surface area (Å²) >= 11 is 13.2. The highest BCUT2D eigenvalue weighted by atomic mass is 35.5. The largest absolute Gasteiger partial charge is 0.481 e. The first-order chi connectivity index (χ1) is 11.5. The van der Waals surface area contributed by atoms with E-state index in [1.54, 1.807) is 6.92 Å². The summed E-state index contributed by atoms with van der Waals surface area (Å²) in [6.45, 7) is 7.85. The zero-order valence-electron chi connectivity index (χ0n) is 15.1. The third kappa shape index (κ3) is 2.54. The molecule has 1 N–H and O–H groups in total. The maximum atomic E-state index is 13.0. The van der Waals surface area contributed by atoms with Crippen LogP contribution in [-0.2, 0) is 10.2 Å². The molecular weight excluding hydrogens is 359 g/mol. The number of ketones is 1. The number of Topliss-reactive ketones (excluding diaryl/α,β-unsaturated/α-hetero) is 1. The summed E-state index contributed by atoms with van der Waals surface area (Å²) < 4.78 is 0. The lowest BCUT2D eigenvalue weighted by molar-refractivity contribution is -0.156. The standard InChI is InChI=1S/C20H24Cl2O3/c1-10(2)15-12(21)8-11-16(17(15)22)13(23)9-14-19(11,3)6-5-7-20(14,4)18(24)25/h8,10,14H,5-7,9H2,1-4H3,(H,24,25)/t14-,19-,20-/m1/s1. The van der Waals surface area contributed by atoms with Crippen LogP contribution < -0.4 is 0 Å². The molecule has 1 saturated carbocycles. The average molecular weight is 383 g/mol. The van der Waals surface area contributed by atoms with Gasteiger partial charge in [0.15, 0.2) is 5.78 Å². The second-order valence-corrected chi connectivity index (χ2v) is 9.12. The Morgan fingerprint density at radius 3 is 2.48 bits per heavy atom. The number of carbonyl (C=O) groups is 2. The minimum atomic E-state index is -0.907. The highest BCUT2D eigenvalue weighted by Crippen LogP contribution is 2.59. The van der Waals surface area contributed by atoms with Crippen LogP contribution in [0.15, 0.2) is 6.07 Å². The molecule has 0 radical (unpaired) electrons. The molecule has 0 bridgehead atoms. The lowest BCUT2D eigenvalue weighted by Gasteiger charge is -2.53. The van der Waals surface area contributed by atoms with E-state index in [0.29, 0.717) is 22.0 Å². The molecule has 2 aliphatic carbocycles. The van der Waals surface area contributed by atoms with Crippen LogP contribution in [0.25, 0.3) is 0 Å². The average Bonchev–Trinajstić information content (AvgIpc) is 2.49. The normalized spacial score (nSPS) is 31.6. The van der Waals surface area contributed by atoms with E-state index in [2.05, 4.69) is 6.92 Å². The van der Waals surface area contributed by atoms with Crippen molar-refractivity contribution in [1.29, 1.82) is 0 Å². The second kappa shape index (κ2) is 5.99. The summed E-state index contributed by atoms with van der Waals surface area (Å²) in [6, 6.07) is 1.87. The fourth-order valence-electron chi connectivity index (χ4n) is 5.08. The minimum Gasteiger partial charge on any atom is -0.481 e. The van der Waals surface area contributed by atoms with Crippen LogP contribution in [0.4, 0.5) is 0 Å². The number of aliphatic carboxylic acids is 1. The summed E-state index contributed by atoms with van der Waals surface area (Å²) in [6.07, 6.45) is 2.47. The van der Waals surface area contributed by atoms with Gasteiger partial charge in [0.05, 0.1) is 10.4 Å². The predicted octanol–water partition coefficient (Wildman–Crippen LogP) is 5.85. The molecule has 3 atom stereocenters. The van der Waals surface area contributed by atoms with E-state index >= 15 is 0 Å². The van der Waals surface area contributed by atoms with Crippen LogP contribution in [0.5, 0.6) is 0 Å². The van der Waals surface area contributed by atoms with Gasteiger partial charge in [0.25, 0.3) is 0 Å². The maximum absolute atomic E-state index is 13.0. The van der Waals surface area contributed by atoms with Gasteiger partial charge in [-0.1, -0.05) is 50.4 Å². The Hall–Kier alpha value is -1.06. The van der Waals surface area contributed by atoms with Crippen molar-refractivity contribution in [2.45, 2.75) is 64.7 Å². The van der Waals surface area contributed by atoms with E-state index in [-0.39, 0.29) is 24.0 Å². The topological polar surface area (TPSA) is 54.4 Å². The van der Waals surface area contributed by atoms with E-state index in [9.17, 15) is 14.7 Å². The molecule has 0 heterocycles. The van der Waals surface area contributed by atoms with Crippen LogP contribution in [-0.4, -0.2) is 16.9 Å². The van der Waals surface area contributed by atoms with Gasteiger partial charge in [-0.15, -0.1) is 0 Å². The van der Waals surface area contributed by atoms with E-state index in [0.717, 1.165) is 24.0 Å². The van der Waals surface area contributed by atoms with Gasteiger partial charge >= 0.3 is 5.97 Å². The molecule has 3 rings (SSSR count). The molecule has 0 unspecified atom stereocenters. The highest BCUT2D eigenvalue weighted by Gasteiger charge is 2.57. The Bertz CT molecular complexity index is 771. The van der Waals surface area contributed by atoms with E-state index in [1.165, 1.54) is 0 Å². The van der Waals surface area contributed by atoms with E-state index < -0.39 is 16.8 Å². The van der Waals surface area contributed by atoms with Gasteiger partial charge < -0.3 is 5.11 Å². The fourth-order valence-corrected chi connectivity index (χ4v) is 6.07. The first-order valence-electron chi connectivity index (χ1n) is 8.83. The number of fused-ring (bicyclic) bond motifs is 3. The van der Waals surface area contributed by atoms with Crippen molar-refractivity contribution in [3.8, 4) is 0 Å². The van der Waals surface area contributed by atoms with Crippen LogP contribution in [0.3, 0.4) is 0 Å². The van der Waals surface area contributed by atoms with Gasteiger partial charge in [0, 0.05) is 17.0 Å². The number of halogens is 2. The number of carbonyl (C=O) groups excluding carboxylic acids is 1. The first kappa shape index (κ1) is 18.7. The zero-order chi connectivity index (χ0) is 18.7. The quantitative estimate of drug-likeness (QED) is 0.697. The van der Waals surface area contributed by atoms with Crippen molar-refractivity contribution in [3.63, 3.8) is 0 Å². The molecule has 3 nitrogen and oxygen atoms in total. The highest BCUT2D eigenvalue weighted by molar-refractivity contribution is 6.38. The number of carboxylic acid groups (broad SMARTS) is 1. The summed E-state index contributed by atoms with van der Waals surface area (Å²) in [5.41, 5.74) is 0.880. The third-order valence-electron chi connectivity index (χ3n) is 6.53. The van der Waals surface area contributed by atoms with Gasteiger partial charge in [-0.2, -0.15) is 0 Å². The molecule has 2 aliphatic rings. The lowest BCUT2D eigenvalue weighted by atomic mass is 9.49. The number of carboxylic acids is 1. The van der Waals surface area contributed by atoms with Crippen molar-refractivity contribution in [2.75, 3.05) is 0 Å². The van der Waals surface area contributed by atoms with Gasteiger partial charge in [0.2, 0.25) is 0 Å². The predicted molar refractivity (Wildman–Crippen MR) is 99.9 cm³/mol. The van der Waals surface area contributed by atoms with Crippen molar-refractivity contribution >= 4 is 35.0 Å². The molecule has 0 saturated heterocycles. The molecular formula is C20H24Cl2O3. The van der Waals surface area contributed by atoms with E-state index in [1.807, 2.05) is 19.9 Å². The SMILES string of the molecule is CC(C)c1c(Cl)cc2c(c1Cl)C(=O)C[C@H]1[C@](C)(C(=O)O)CCC[C@]21C. The van der Waals surface area contributed by atoms with Crippen molar-refractivity contribution in [1.82, 2.24) is 0 Å². The molecule has 0 aromatic heterocycles. The first-order valence-corrected chi connectivity index (χ1v) is 9.58. The van der Waals surface area contributed by atoms with Gasteiger partial charge in [0.1, 0.15) is 0 Å². The zero-order valence-corrected chi connectivity index (χ0v) is 16.6. The number of hydrogen-bond donors (Lipinski definition) is 1. The van der Waals surface area contributed by atoms with Crippen molar-refractivity contribution in [3.05, 3.63) is 32.8 Å². The van der Waals surface area contributed by atoms with Crippen LogP contribution in [0.1, 0.15) is 80.8 Å². The number of benzene rings is 1. The van der Waals surface area contributed by atoms with Gasteiger partial charge in [-0.3, -0.25) is 9.59 Å². The van der Waals surface area contributed by atoms with E-state index in [4.69, 9.17) is 23.2 Å². The Morgan fingerprint density at radius 2 is 1.92 bits per heavy atom. The number of rotatable bonds is 2. The molecule has 0 spiro atoms. The molecule has 5 heteroatoms. The third-order valence-corrected chi connectivity index (χ3v) is 7.24. The Morgan fingerprint density at radius 1 is 1.28 bits per heavy atom. The van der Waals surface area contributed by atoms with Crippen molar-refractivity contribution < 1.29 is 14.7 Å². The Balaban J connectivity index is 2.28. The van der Waals surface area contributed by atoms with Crippen LogP contribution in [0, 0.1) is 11.3 Å². The lowest BCUT2D eigenvalue weighted by Crippen LogP contribution is -2.53. The number of hydrogen-bond acceptors (Lipinski definition) is 2. The molecule has 136 valence electrons. The summed E-state index contributed by atoms with van der Waals surface area (Å²) in [7, 11) is 0. The second-order valence-electron chi connectivity index (χ2n) is 8.34. The van der Waals surface area contributed by atoms with Crippen LogP contribution >= 0.6 is 23.2 Å². The molecule has 0 amide bonds.